The van der Waals surface area contributed by atoms with Gasteiger partial charge in [-0.1, -0.05) is 38.1 Å². The number of benzene rings is 2. The van der Waals surface area contributed by atoms with Gasteiger partial charge in [-0.3, -0.25) is 9.36 Å². The number of methoxy groups -OCH3 is 1. The normalized spacial score (nSPS) is 11.4. The van der Waals surface area contributed by atoms with E-state index in [0.717, 1.165) is 32.1 Å². The van der Waals surface area contributed by atoms with Crippen molar-refractivity contribution in [1.29, 1.82) is 0 Å². The van der Waals surface area contributed by atoms with Crippen molar-refractivity contribution >= 4 is 21.6 Å². The fourth-order valence-corrected chi connectivity index (χ4v) is 4.79. The first kappa shape index (κ1) is 20.3. The summed E-state index contributed by atoms with van der Waals surface area (Å²) in [4.78, 5) is 20.3. The summed E-state index contributed by atoms with van der Waals surface area (Å²) in [6.45, 7) is 6.31. The molecular formula is C24H23FN2O2S. The van der Waals surface area contributed by atoms with Crippen LogP contribution in [0.3, 0.4) is 0 Å². The van der Waals surface area contributed by atoms with E-state index in [1.807, 2.05) is 51.1 Å². The maximum Gasteiger partial charge on any atom is 0.263 e. The average molecular weight is 423 g/mol. The predicted octanol–water partition coefficient (Wildman–Crippen LogP) is 5.75. The summed E-state index contributed by atoms with van der Waals surface area (Å²) in [6, 6.07) is 14.1. The minimum Gasteiger partial charge on any atom is -0.497 e. The molecule has 0 saturated carbocycles. The smallest absolute Gasteiger partial charge is 0.263 e. The van der Waals surface area contributed by atoms with E-state index >= 15 is 0 Å². The molecule has 0 radical (unpaired) electrons. The summed E-state index contributed by atoms with van der Waals surface area (Å²) in [5.41, 5.74) is 2.44. The van der Waals surface area contributed by atoms with Crippen LogP contribution in [-0.2, 0) is 6.54 Å². The fourth-order valence-electron chi connectivity index (χ4n) is 3.75. The topological polar surface area (TPSA) is 44.1 Å². The second kappa shape index (κ2) is 8.03. The number of nitrogens with zero attached hydrogens (tertiary/aromatic N) is 2. The van der Waals surface area contributed by atoms with Crippen LogP contribution in [-0.4, -0.2) is 16.7 Å². The number of rotatable bonds is 5. The lowest BCUT2D eigenvalue weighted by Crippen LogP contribution is -2.26. The van der Waals surface area contributed by atoms with Crippen molar-refractivity contribution in [2.24, 2.45) is 0 Å². The molecule has 154 valence electrons. The predicted molar refractivity (Wildman–Crippen MR) is 120 cm³/mol. The highest BCUT2D eigenvalue weighted by Gasteiger charge is 2.21. The Kier molecular flexibility index (Phi) is 5.43. The second-order valence-electron chi connectivity index (χ2n) is 7.59. The Hall–Kier alpha value is -2.99. The maximum atomic E-state index is 13.7. The van der Waals surface area contributed by atoms with Crippen LogP contribution in [0.4, 0.5) is 4.39 Å². The quantitative estimate of drug-likeness (QED) is 0.411. The second-order valence-corrected chi connectivity index (χ2v) is 8.79. The van der Waals surface area contributed by atoms with E-state index in [4.69, 9.17) is 9.72 Å². The van der Waals surface area contributed by atoms with Gasteiger partial charge in [0.15, 0.2) is 0 Å². The van der Waals surface area contributed by atoms with Gasteiger partial charge in [0.1, 0.15) is 22.2 Å². The van der Waals surface area contributed by atoms with E-state index in [1.165, 1.54) is 23.5 Å². The van der Waals surface area contributed by atoms with Crippen molar-refractivity contribution in [2.75, 3.05) is 7.11 Å². The maximum absolute atomic E-state index is 13.7. The van der Waals surface area contributed by atoms with Gasteiger partial charge in [-0.2, -0.15) is 0 Å². The molecule has 0 amide bonds. The van der Waals surface area contributed by atoms with Crippen molar-refractivity contribution in [2.45, 2.75) is 33.2 Å². The molecule has 2 aromatic heterocycles. The summed E-state index contributed by atoms with van der Waals surface area (Å²) >= 11 is 1.52. The average Bonchev–Trinajstić information content (AvgIpc) is 3.06. The molecule has 4 nitrogen and oxygen atoms in total. The van der Waals surface area contributed by atoms with Crippen LogP contribution in [0, 0.1) is 12.7 Å². The van der Waals surface area contributed by atoms with Crippen molar-refractivity contribution in [3.63, 3.8) is 0 Å². The molecule has 2 heterocycles. The van der Waals surface area contributed by atoms with Gasteiger partial charge in [0.2, 0.25) is 0 Å². The largest absolute Gasteiger partial charge is 0.497 e. The Morgan fingerprint density at radius 3 is 2.63 bits per heavy atom. The molecule has 0 bridgehead atoms. The van der Waals surface area contributed by atoms with Crippen LogP contribution in [0.2, 0.25) is 0 Å². The highest BCUT2D eigenvalue weighted by molar-refractivity contribution is 7.19. The lowest BCUT2D eigenvalue weighted by Gasteiger charge is -2.15. The first-order valence-corrected chi connectivity index (χ1v) is 10.6. The lowest BCUT2D eigenvalue weighted by atomic mass is 10.0. The van der Waals surface area contributed by atoms with E-state index in [2.05, 4.69) is 0 Å². The summed E-state index contributed by atoms with van der Waals surface area (Å²) < 4.78 is 20.8. The first-order chi connectivity index (χ1) is 14.4. The molecule has 0 N–H and O–H groups in total. The van der Waals surface area contributed by atoms with Crippen molar-refractivity contribution in [1.82, 2.24) is 9.55 Å². The third-order valence-corrected chi connectivity index (χ3v) is 6.12. The van der Waals surface area contributed by atoms with E-state index in [1.54, 1.807) is 17.7 Å². The molecule has 0 aliphatic heterocycles. The Balaban J connectivity index is 1.98. The molecule has 4 aromatic rings. The monoisotopic (exact) mass is 422 g/mol. The van der Waals surface area contributed by atoms with Crippen molar-refractivity contribution in [3.8, 4) is 16.9 Å². The van der Waals surface area contributed by atoms with E-state index in [-0.39, 0.29) is 23.8 Å². The Morgan fingerprint density at radius 2 is 1.93 bits per heavy atom. The molecule has 4 rings (SSSR count). The molecular weight excluding hydrogens is 399 g/mol. The lowest BCUT2D eigenvalue weighted by molar-refractivity contribution is 0.415. The zero-order valence-electron chi connectivity index (χ0n) is 17.4. The van der Waals surface area contributed by atoms with Gasteiger partial charge in [-0.05, 0) is 42.3 Å². The van der Waals surface area contributed by atoms with Gasteiger partial charge in [-0.25, -0.2) is 9.37 Å². The Labute approximate surface area is 178 Å². The van der Waals surface area contributed by atoms with Crippen LogP contribution >= 0.6 is 11.3 Å². The summed E-state index contributed by atoms with van der Waals surface area (Å²) in [5, 5.41) is 0.603. The van der Waals surface area contributed by atoms with Gasteiger partial charge in [-0.15, -0.1) is 11.3 Å². The zero-order chi connectivity index (χ0) is 21.4. The molecule has 0 aliphatic carbocycles. The van der Waals surface area contributed by atoms with E-state index < -0.39 is 0 Å². The van der Waals surface area contributed by atoms with Crippen LogP contribution in [0.25, 0.3) is 21.3 Å². The molecule has 0 saturated heterocycles. The Bertz CT molecular complexity index is 1290. The number of halogens is 1. The standard InChI is InChI=1S/C24H23FN2O2S/c1-14(2)22-26-23-21(24(28)27(22)13-16-7-5-9-18(25)11-16)20(15(3)30-23)17-8-6-10-19(12-17)29-4/h5-12,14H,13H2,1-4H3. The van der Waals surface area contributed by atoms with Crippen LogP contribution < -0.4 is 10.3 Å². The SMILES string of the molecule is COc1cccc(-c2c(C)sc3nc(C(C)C)n(Cc4cccc(F)c4)c(=O)c23)c1. The van der Waals surface area contributed by atoms with Crippen molar-refractivity contribution < 1.29 is 9.13 Å². The van der Waals surface area contributed by atoms with Gasteiger partial charge < -0.3 is 4.74 Å². The molecule has 2 aromatic carbocycles. The summed E-state index contributed by atoms with van der Waals surface area (Å²) in [7, 11) is 1.63. The minimum atomic E-state index is -0.316. The zero-order valence-corrected chi connectivity index (χ0v) is 18.2. The summed E-state index contributed by atoms with van der Waals surface area (Å²) in [5.74, 6) is 1.18. The van der Waals surface area contributed by atoms with Gasteiger partial charge in [0.25, 0.3) is 5.56 Å². The minimum absolute atomic E-state index is 0.0540. The van der Waals surface area contributed by atoms with Crippen LogP contribution in [0.5, 0.6) is 5.75 Å². The van der Waals surface area contributed by atoms with Gasteiger partial charge in [0.05, 0.1) is 19.0 Å². The molecule has 0 unspecified atom stereocenters. The van der Waals surface area contributed by atoms with Gasteiger partial charge >= 0.3 is 0 Å². The number of fused-ring (bicyclic) bond motifs is 1. The Morgan fingerprint density at radius 1 is 1.17 bits per heavy atom. The highest BCUT2D eigenvalue weighted by Crippen LogP contribution is 2.37. The number of thiophene rings is 1. The highest BCUT2D eigenvalue weighted by atomic mass is 32.1. The van der Waals surface area contributed by atoms with E-state index in [0.29, 0.717) is 11.2 Å². The van der Waals surface area contributed by atoms with Gasteiger partial charge in [0, 0.05) is 16.4 Å². The molecule has 0 spiro atoms. The molecule has 0 aliphatic rings. The molecule has 30 heavy (non-hydrogen) atoms. The fraction of sp³-hybridized carbons (Fsp3) is 0.250. The summed E-state index contributed by atoms with van der Waals surface area (Å²) in [6.07, 6.45) is 0. The molecule has 0 fully saturated rings. The molecule has 6 heteroatoms. The molecule has 0 atom stereocenters. The third kappa shape index (κ3) is 3.63. The number of aromatic nitrogens is 2. The van der Waals surface area contributed by atoms with Crippen LogP contribution in [0.15, 0.2) is 53.3 Å². The third-order valence-electron chi connectivity index (χ3n) is 5.12. The number of aryl methyl sites for hydroxylation is 1. The first-order valence-electron chi connectivity index (χ1n) is 9.81. The number of hydrogen-bond donors (Lipinski definition) is 0. The van der Waals surface area contributed by atoms with Crippen LogP contribution in [0.1, 0.15) is 36.0 Å². The number of ether oxygens (including phenoxy) is 1. The number of hydrogen-bond acceptors (Lipinski definition) is 4. The van der Waals surface area contributed by atoms with E-state index in [9.17, 15) is 9.18 Å². The van der Waals surface area contributed by atoms with Crippen molar-refractivity contribution in [3.05, 3.63) is 81.0 Å².